The lowest BCUT2D eigenvalue weighted by atomic mass is 10.1. The lowest BCUT2D eigenvalue weighted by Gasteiger charge is -2.16. The number of hydrogen-bond acceptors (Lipinski definition) is 5. The molecule has 0 bridgehead atoms. The van der Waals surface area contributed by atoms with E-state index < -0.39 is 17.9 Å². The predicted octanol–water partition coefficient (Wildman–Crippen LogP) is 1.61. The minimum absolute atomic E-state index is 0.274. The van der Waals surface area contributed by atoms with Gasteiger partial charge in [0.1, 0.15) is 0 Å². The van der Waals surface area contributed by atoms with Gasteiger partial charge in [0.15, 0.2) is 24.2 Å². The first-order valence-corrected chi connectivity index (χ1v) is 7.58. The molecular formula is C18H20N2O5. The second-order valence-corrected chi connectivity index (χ2v) is 5.00. The molecule has 1 atom stereocenters. The van der Waals surface area contributed by atoms with E-state index in [1.165, 1.54) is 14.2 Å². The van der Waals surface area contributed by atoms with Crippen molar-refractivity contribution in [3.8, 4) is 11.5 Å². The Hall–Kier alpha value is -3.06. The molecule has 0 radical (unpaired) electrons. The van der Waals surface area contributed by atoms with Crippen molar-refractivity contribution in [2.24, 2.45) is 0 Å². The highest BCUT2D eigenvalue weighted by Crippen LogP contribution is 2.25. The van der Waals surface area contributed by atoms with E-state index in [1.54, 1.807) is 48.5 Å². The summed E-state index contributed by atoms with van der Waals surface area (Å²) in [5.41, 5.74) is 5.29. The van der Waals surface area contributed by atoms with Crippen LogP contribution >= 0.6 is 0 Å². The van der Waals surface area contributed by atoms with Crippen molar-refractivity contribution in [3.63, 3.8) is 0 Å². The van der Waals surface area contributed by atoms with Crippen LogP contribution in [-0.2, 0) is 14.3 Å². The Morgan fingerprint density at radius 3 is 2.20 bits per heavy atom. The fraction of sp³-hybridized carbons (Fsp3) is 0.222. The highest BCUT2D eigenvalue weighted by molar-refractivity contribution is 5.86. The Bertz CT molecular complexity index is 706. The molecule has 0 fully saturated rings. The zero-order valence-corrected chi connectivity index (χ0v) is 14.0. The van der Waals surface area contributed by atoms with Crippen LogP contribution in [0.4, 0.5) is 0 Å². The van der Waals surface area contributed by atoms with E-state index in [0.29, 0.717) is 17.1 Å². The summed E-state index contributed by atoms with van der Waals surface area (Å²) >= 11 is 0. The van der Waals surface area contributed by atoms with Gasteiger partial charge in [0.2, 0.25) is 0 Å². The fourth-order valence-corrected chi connectivity index (χ4v) is 2.14. The number of ether oxygens (including phenoxy) is 3. The van der Waals surface area contributed by atoms with E-state index in [2.05, 4.69) is 10.9 Å². The maximum Gasteiger partial charge on any atom is 0.276 e. The highest BCUT2D eigenvalue weighted by Gasteiger charge is 2.20. The summed E-state index contributed by atoms with van der Waals surface area (Å²) in [5, 5.41) is 0. The summed E-state index contributed by atoms with van der Waals surface area (Å²) in [4.78, 5) is 24.0. The van der Waals surface area contributed by atoms with Gasteiger partial charge >= 0.3 is 0 Å². The molecule has 2 N–H and O–H groups in total. The second-order valence-electron chi connectivity index (χ2n) is 5.00. The van der Waals surface area contributed by atoms with Gasteiger partial charge in [0.25, 0.3) is 11.8 Å². The van der Waals surface area contributed by atoms with E-state index >= 15 is 0 Å². The molecule has 2 aromatic carbocycles. The van der Waals surface area contributed by atoms with Gasteiger partial charge in [0.05, 0.1) is 7.11 Å². The first-order chi connectivity index (χ1) is 12.2. The molecule has 0 saturated heterocycles. The molecule has 0 heterocycles. The first-order valence-electron chi connectivity index (χ1n) is 7.58. The molecule has 2 amide bonds. The van der Waals surface area contributed by atoms with Crippen molar-refractivity contribution in [2.45, 2.75) is 6.10 Å². The molecule has 0 unspecified atom stereocenters. The summed E-state index contributed by atoms with van der Waals surface area (Å²) in [6.07, 6.45) is -0.823. The van der Waals surface area contributed by atoms with E-state index in [1.807, 2.05) is 6.07 Å². The lowest BCUT2D eigenvalue weighted by Crippen LogP contribution is -2.46. The monoisotopic (exact) mass is 344 g/mol. The maximum atomic E-state index is 12.1. The molecule has 0 aliphatic carbocycles. The number of carbonyl (C=O) groups excluding carboxylic acids is 2. The Kier molecular flexibility index (Phi) is 6.79. The molecule has 0 aromatic heterocycles. The largest absolute Gasteiger partial charge is 0.493 e. The van der Waals surface area contributed by atoms with Crippen LogP contribution in [0.25, 0.3) is 0 Å². The molecule has 0 spiro atoms. The number of rotatable bonds is 7. The highest BCUT2D eigenvalue weighted by atomic mass is 16.5. The van der Waals surface area contributed by atoms with Gasteiger partial charge in [-0.2, -0.15) is 0 Å². The van der Waals surface area contributed by atoms with Crippen molar-refractivity contribution in [1.29, 1.82) is 0 Å². The normalized spacial score (nSPS) is 11.3. The third-order valence-electron chi connectivity index (χ3n) is 3.33. The number of nitrogens with one attached hydrogen (secondary N) is 2. The van der Waals surface area contributed by atoms with Crippen LogP contribution in [0.15, 0.2) is 54.6 Å². The van der Waals surface area contributed by atoms with Crippen LogP contribution in [0.3, 0.4) is 0 Å². The number of methoxy groups -OCH3 is 2. The van der Waals surface area contributed by atoms with E-state index in [0.717, 1.165) is 0 Å². The maximum absolute atomic E-state index is 12.1. The predicted molar refractivity (Wildman–Crippen MR) is 91.0 cm³/mol. The topological polar surface area (TPSA) is 85.9 Å². The van der Waals surface area contributed by atoms with Crippen LogP contribution in [0, 0.1) is 0 Å². The zero-order chi connectivity index (χ0) is 18.1. The number of amides is 2. The number of hydrogen-bond donors (Lipinski definition) is 2. The van der Waals surface area contributed by atoms with E-state index in [9.17, 15) is 9.59 Å². The number of para-hydroxylation sites is 2. The standard InChI is InChI=1S/C18H20N2O5/c1-23-14-10-6-7-11-15(14)25-12-16(21)19-20-18(22)17(24-2)13-8-4-3-5-9-13/h3-11,17H,12H2,1-2H3,(H,19,21)(H,20,22)/t17-/m1/s1. The Morgan fingerprint density at radius 1 is 0.920 bits per heavy atom. The van der Waals surface area contributed by atoms with Crippen LogP contribution < -0.4 is 20.3 Å². The van der Waals surface area contributed by atoms with E-state index in [4.69, 9.17) is 14.2 Å². The summed E-state index contributed by atoms with van der Waals surface area (Å²) in [7, 11) is 2.93. The minimum Gasteiger partial charge on any atom is -0.493 e. The Labute approximate surface area is 145 Å². The average molecular weight is 344 g/mol. The average Bonchev–Trinajstić information content (AvgIpc) is 2.66. The number of carbonyl (C=O) groups is 2. The summed E-state index contributed by atoms with van der Waals surface area (Å²) in [6.45, 7) is -0.274. The fourth-order valence-electron chi connectivity index (χ4n) is 2.14. The Balaban J connectivity index is 1.84. The van der Waals surface area contributed by atoms with Crippen molar-refractivity contribution >= 4 is 11.8 Å². The van der Waals surface area contributed by atoms with Gasteiger partial charge < -0.3 is 14.2 Å². The summed E-state index contributed by atoms with van der Waals surface area (Å²) in [6, 6.07) is 15.9. The first kappa shape index (κ1) is 18.3. The lowest BCUT2D eigenvalue weighted by molar-refractivity contribution is -0.136. The van der Waals surface area contributed by atoms with Crippen LogP contribution in [0.5, 0.6) is 11.5 Å². The van der Waals surface area contributed by atoms with Crippen LogP contribution in [-0.4, -0.2) is 32.6 Å². The quantitative estimate of drug-likeness (QED) is 0.745. The summed E-state index contributed by atoms with van der Waals surface area (Å²) in [5.74, 6) is -0.0464. The molecule has 0 aliphatic heterocycles. The van der Waals surface area contributed by atoms with Gasteiger partial charge in [0, 0.05) is 7.11 Å². The molecular weight excluding hydrogens is 324 g/mol. The zero-order valence-electron chi connectivity index (χ0n) is 14.0. The second kappa shape index (κ2) is 9.29. The van der Waals surface area contributed by atoms with Crippen molar-refractivity contribution < 1.29 is 23.8 Å². The Morgan fingerprint density at radius 2 is 1.56 bits per heavy atom. The molecule has 0 aliphatic rings. The van der Waals surface area contributed by atoms with Gasteiger partial charge in [-0.05, 0) is 17.7 Å². The van der Waals surface area contributed by atoms with Crippen LogP contribution in [0.2, 0.25) is 0 Å². The SMILES string of the molecule is COc1ccccc1OCC(=O)NNC(=O)[C@H](OC)c1ccccc1. The molecule has 132 valence electrons. The molecule has 0 saturated carbocycles. The van der Waals surface area contributed by atoms with Gasteiger partial charge in [-0.1, -0.05) is 42.5 Å². The number of hydrazine groups is 1. The van der Waals surface area contributed by atoms with Gasteiger partial charge in [-0.25, -0.2) is 0 Å². The van der Waals surface area contributed by atoms with E-state index in [-0.39, 0.29) is 6.61 Å². The molecule has 2 aromatic rings. The van der Waals surface area contributed by atoms with Gasteiger partial charge in [-0.15, -0.1) is 0 Å². The molecule has 25 heavy (non-hydrogen) atoms. The molecule has 7 nitrogen and oxygen atoms in total. The third-order valence-corrected chi connectivity index (χ3v) is 3.33. The number of benzene rings is 2. The minimum atomic E-state index is -0.823. The smallest absolute Gasteiger partial charge is 0.276 e. The van der Waals surface area contributed by atoms with Gasteiger partial charge in [-0.3, -0.25) is 20.4 Å². The molecule has 2 rings (SSSR count). The van der Waals surface area contributed by atoms with Crippen molar-refractivity contribution in [3.05, 3.63) is 60.2 Å². The summed E-state index contributed by atoms with van der Waals surface area (Å²) < 4.78 is 15.7. The molecule has 7 heteroatoms. The van der Waals surface area contributed by atoms with Crippen molar-refractivity contribution in [2.75, 3.05) is 20.8 Å². The van der Waals surface area contributed by atoms with Crippen molar-refractivity contribution in [1.82, 2.24) is 10.9 Å². The van der Waals surface area contributed by atoms with Crippen LogP contribution in [0.1, 0.15) is 11.7 Å². The third kappa shape index (κ3) is 5.22.